The summed E-state index contributed by atoms with van der Waals surface area (Å²) in [6, 6.07) is 8.14. The van der Waals surface area contributed by atoms with Crippen molar-refractivity contribution in [1.82, 2.24) is 4.90 Å². The lowest BCUT2D eigenvalue weighted by Gasteiger charge is -2.23. The van der Waals surface area contributed by atoms with Crippen molar-refractivity contribution in [2.75, 3.05) is 20.1 Å². The van der Waals surface area contributed by atoms with Crippen molar-refractivity contribution in [3.8, 4) is 0 Å². The topological polar surface area (TPSA) is 36.6 Å². The van der Waals surface area contributed by atoms with Crippen LogP contribution in [0.2, 0.25) is 0 Å². The summed E-state index contributed by atoms with van der Waals surface area (Å²) in [5.41, 5.74) is 1.27. The highest BCUT2D eigenvalue weighted by Gasteiger charge is 2.34. The van der Waals surface area contributed by atoms with Gasteiger partial charge in [-0.1, -0.05) is 11.6 Å². The van der Waals surface area contributed by atoms with Crippen LogP contribution in [0.25, 0.3) is 11.0 Å². The van der Waals surface area contributed by atoms with Crippen molar-refractivity contribution in [2.24, 2.45) is 0 Å². The maximum Gasteiger partial charge on any atom is 0.136 e. The normalized spacial score (nSPS) is 25.6. The Hall–Kier alpha value is -1.32. The number of fused-ring (bicyclic) bond motifs is 1. The summed E-state index contributed by atoms with van der Waals surface area (Å²) in [7, 11) is 2.10. The summed E-state index contributed by atoms with van der Waals surface area (Å²) in [4.78, 5) is 2.27. The first-order valence-electron chi connectivity index (χ1n) is 6.98. The molecule has 0 spiro atoms. The molecule has 1 saturated heterocycles. The van der Waals surface area contributed by atoms with E-state index in [4.69, 9.17) is 4.42 Å². The molecule has 0 saturated carbocycles. The Bertz CT molecular complexity index is 589. The largest absolute Gasteiger partial charge is 0.458 e. The second kappa shape index (κ2) is 4.66. The van der Waals surface area contributed by atoms with E-state index >= 15 is 0 Å². The van der Waals surface area contributed by atoms with Gasteiger partial charge in [0, 0.05) is 11.9 Å². The van der Waals surface area contributed by atoms with E-state index in [1.54, 1.807) is 0 Å². The molecule has 0 bridgehead atoms. The number of hydrogen-bond acceptors (Lipinski definition) is 3. The Balaban J connectivity index is 1.98. The molecule has 3 rings (SSSR count). The number of aryl methyl sites for hydroxylation is 1. The number of benzene rings is 1. The Morgan fingerprint density at radius 1 is 1.21 bits per heavy atom. The van der Waals surface area contributed by atoms with Crippen LogP contribution in [0, 0.1) is 6.92 Å². The third kappa shape index (κ3) is 2.40. The van der Waals surface area contributed by atoms with Crippen LogP contribution in [-0.4, -0.2) is 30.1 Å². The molecule has 0 radical (unpaired) electrons. The van der Waals surface area contributed by atoms with Gasteiger partial charge < -0.3 is 14.4 Å². The minimum atomic E-state index is -0.808. The second-order valence-corrected chi connectivity index (χ2v) is 5.84. The van der Waals surface area contributed by atoms with Crippen molar-refractivity contribution in [1.29, 1.82) is 0 Å². The number of likely N-dealkylation sites (tertiary alicyclic amines) is 1. The SMILES string of the molecule is Cc1ccc2oc(C3(O)CCCN(C)CC3)cc2c1. The van der Waals surface area contributed by atoms with Crippen LogP contribution < -0.4 is 0 Å². The Morgan fingerprint density at radius 3 is 2.89 bits per heavy atom. The summed E-state index contributed by atoms with van der Waals surface area (Å²) < 4.78 is 5.89. The van der Waals surface area contributed by atoms with Crippen molar-refractivity contribution in [2.45, 2.75) is 31.8 Å². The summed E-state index contributed by atoms with van der Waals surface area (Å²) in [5.74, 6) is 0.725. The van der Waals surface area contributed by atoms with Gasteiger partial charge in [-0.25, -0.2) is 0 Å². The maximum atomic E-state index is 10.9. The predicted molar refractivity (Wildman–Crippen MR) is 76.2 cm³/mol. The van der Waals surface area contributed by atoms with Crippen molar-refractivity contribution >= 4 is 11.0 Å². The van der Waals surface area contributed by atoms with Crippen molar-refractivity contribution in [3.63, 3.8) is 0 Å². The van der Waals surface area contributed by atoms with E-state index in [2.05, 4.69) is 24.9 Å². The molecular formula is C16H21NO2. The fraction of sp³-hybridized carbons (Fsp3) is 0.500. The van der Waals surface area contributed by atoms with Crippen LogP contribution in [0.3, 0.4) is 0 Å². The first-order valence-corrected chi connectivity index (χ1v) is 6.98. The molecule has 2 heterocycles. The van der Waals surface area contributed by atoms with Gasteiger partial charge in [-0.2, -0.15) is 0 Å². The highest BCUT2D eigenvalue weighted by Crippen LogP contribution is 2.36. The molecule has 0 amide bonds. The standard InChI is InChI=1S/C16H21NO2/c1-12-4-5-14-13(10-12)11-15(19-14)16(18)6-3-8-17(2)9-7-16/h4-5,10-11,18H,3,6-9H2,1-2H3. The van der Waals surface area contributed by atoms with Gasteiger partial charge in [0.1, 0.15) is 16.9 Å². The molecule has 3 nitrogen and oxygen atoms in total. The Labute approximate surface area is 113 Å². The molecule has 1 fully saturated rings. The molecule has 1 unspecified atom stereocenters. The van der Waals surface area contributed by atoms with Gasteiger partial charge in [-0.05, 0) is 58.0 Å². The van der Waals surface area contributed by atoms with E-state index in [0.29, 0.717) is 0 Å². The van der Waals surface area contributed by atoms with E-state index < -0.39 is 5.60 Å². The van der Waals surface area contributed by atoms with E-state index in [9.17, 15) is 5.11 Å². The van der Waals surface area contributed by atoms with Gasteiger partial charge in [-0.3, -0.25) is 0 Å². The van der Waals surface area contributed by atoms with Gasteiger partial charge in [0.2, 0.25) is 0 Å². The average molecular weight is 259 g/mol. The zero-order chi connectivity index (χ0) is 13.5. The van der Waals surface area contributed by atoms with Gasteiger partial charge >= 0.3 is 0 Å². The highest BCUT2D eigenvalue weighted by molar-refractivity contribution is 5.78. The molecule has 2 aromatic rings. The molecule has 3 heteroatoms. The number of aliphatic hydroxyl groups is 1. The molecule has 1 aliphatic heterocycles. The molecule has 102 valence electrons. The summed E-state index contributed by atoms with van der Waals surface area (Å²) in [5, 5.41) is 12.0. The molecule has 19 heavy (non-hydrogen) atoms. The van der Waals surface area contributed by atoms with Gasteiger partial charge in [0.25, 0.3) is 0 Å². The Kier molecular flexibility index (Phi) is 3.11. The lowest BCUT2D eigenvalue weighted by Crippen LogP contribution is -2.27. The molecule has 1 atom stereocenters. The molecule has 1 aliphatic rings. The monoisotopic (exact) mass is 259 g/mol. The summed E-state index contributed by atoms with van der Waals surface area (Å²) in [6.07, 6.45) is 2.52. The van der Waals surface area contributed by atoms with E-state index in [0.717, 1.165) is 49.1 Å². The Morgan fingerprint density at radius 2 is 2.05 bits per heavy atom. The lowest BCUT2D eigenvalue weighted by atomic mass is 9.92. The van der Waals surface area contributed by atoms with Gasteiger partial charge in [0.05, 0.1) is 0 Å². The predicted octanol–water partition coefficient (Wildman–Crippen LogP) is 3.04. The third-order valence-electron chi connectivity index (χ3n) is 4.17. The number of nitrogens with zero attached hydrogens (tertiary/aromatic N) is 1. The lowest BCUT2D eigenvalue weighted by molar-refractivity contribution is 0.00231. The zero-order valence-corrected chi connectivity index (χ0v) is 11.6. The van der Waals surface area contributed by atoms with Crippen LogP contribution >= 0.6 is 0 Å². The number of rotatable bonds is 1. The smallest absolute Gasteiger partial charge is 0.136 e. The van der Waals surface area contributed by atoms with Crippen LogP contribution in [0.1, 0.15) is 30.6 Å². The minimum Gasteiger partial charge on any atom is -0.458 e. The van der Waals surface area contributed by atoms with Crippen LogP contribution in [-0.2, 0) is 5.60 Å². The molecule has 0 aliphatic carbocycles. The van der Waals surface area contributed by atoms with Crippen molar-refractivity contribution in [3.05, 3.63) is 35.6 Å². The fourth-order valence-corrected chi connectivity index (χ4v) is 2.89. The first kappa shape index (κ1) is 12.7. The van der Waals surface area contributed by atoms with E-state index in [1.165, 1.54) is 5.56 Å². The van der Waals surface area contributed by atoms with Crippen molar-refractivity contribution < 1.29 is 9.52 Å². The zero-order valence-electron chi connectivity index (χ0n) is 11.6. The highest BCUT2D eigenvalue weighted by atomic mass is 16.4. The molecule has 1 aromatic heterocycles. The average Bonchev–Trinajstić information content (AvgIpc) is 2.72. The van der Waals surface area contributed by atoms with Gasteiger partial charge in [0.15, 0.2) is 0 Å². The van der Waals surface area contributed by atoms with E-state index in [1.807, 2.05) is 18.2 Å². The van der Waals surface area contributed by atoms with E-state index in [-0.39, 0.29) is 0 Å². The summed E-state index contributed by atoms with van der Waals surface area (Å²) in [6.45, 7) is 4.02. The quantitative estimate of drug-likeness (QED) is 0.855. The molecule has 1 aromatic carbocycles. The fourth-order valence-electron chi connectivity index (χ4n) is 2.89. The minimum absolute atomic E-state index is 0.725. The molecule has 1 N–H and O–H groups in total. The van der Waals surface area contributed by atoms with Crippen LogP contribution in [0.5, 0.6) is 0 Å². The molecular weight excluding hydrogens is 238 g/mol. The third-order valence-corrected chi connectivity index (χ3v) is 4.17. The van der Waals surface area contributed by atoms with Gasteiger partial charge in [-0.15, -0.1) is 0 Å². The first-order chi connectivity index (χ1) is 9.07. The maximum absolute atomic E-state index is 10.9. The number of hydrogen-bond donors (Lipinski definition) is 1. The van der Waals surface area contributed by atoms with Crippen LogP contribution in [0.15, 0.2) is 28.7 Å². The second-order valence-electron chi connectivity index (χ2n) is 5.84. The summed E-state index contributed by atoms with van der Waals surface area (Å²) >= 11 is 0. The number of furan rings is 1. The van der Waals surface area contributed by atoms with Crippen LogP contribution in [0.4, 0.5) is 0 Å².